The Kier molecular flexibility index (Phi) is 8.98. The molecule has 2 aromatic heterocycles. The number of allylic oxidation sites excluding steroid dienone is 2. The van der Waals surface area contributed by atoms with Crippen LogP contribution in [0, 0.1) is 0 Å². The van der Waals surface area contributed by atoms with Crippen molar-refractivity contribution in [1.29, 1.82) is 0 Å². The maximum Gasteiger partial charge on any atom is 0.210 e. The van der Waals surface area contributed by atoms with Crippen molar-refractivity contribution < 1.29 is 4.57 Å². The Morgan fingerprint density at radius 2 is 0.821 bits per heavy atom. The number of nitrogens with zero attached hydrogens (tertiary/aromatic N) is 2. The summed E-state index contributed by atoms with van der Waals surface area (Å²) in [5, 5.41) is 2.45. The molecule has 0 fully saturated rings. The average molecular weight is 856 g/mol. The Balaban J connectivity index is 1.04. The predicted molar refractivity (Wildman–Crippen MR) is 279 cm³/mol. The van der Waals surface area contributed by atoms with Crippen LogP contribution in [0.5, 0.6) is 0 Å². The zero-order valence-corrected chi connectivity index (χ0v) is 37.6. The standard InChI is InChI=1S/C65H47N2/c1-65(2)62-52(32-20-33-55(62)61-63(65)53-30-14-15-31-54(53)64(61)66-39-18-5-19-40-66)51-29-16-17-34-58(51)67-59-37-35-45(49-27-12-10-25-47(49)43-21-6-3-7-22-43)41-56(59)57-42-46(36-38-60(57)67)50-28-13-11-26-48(50)44-23-8-4-9-24-44/h3-42,64H,1-2H3/q+1. The van der Waals surface area contributed by atoms with Gasteiger partial charge in [0.15, 0.2) is 12.4 Å². The fourth-order valence-electron chi connectivity index (χ4n) is 11.8. The van der Waals surface area contributed by atoms with Crippen LogP contribution in [0.15, 0.2) is 243 Å². The molecular formula is C65H47N2+. The molecule has 0 bridgehead atoms. The second-order valence-corrected chi connectivity index (χ2v) is 18.6. The third kappa shape index (κ3) is 6.06. The molecule has 0 spiro atoms. The van der Waals surface area contributed by atoms with Crippen LogP contribution in [0.3, 0.4) is 0 Å². The SMILES string of the molecule is CC1(C)C2=C(c3cccc(-c4ccccc4-n4c5ccc(-c6ccccc6-c6ccccc6)cc5c5cc(-c6ccccc6-c6ccccc6)ccc54)c31)C([n+]1ccccc1)c1ccccc12. The van der Waals surface area contributed by atoms with Gasteiger partial charge in [-0.25, -0.2) is 0 Å². The van der Waals surface area contributed by atoms with Crippen LogP contribution in [-0.4, -0.2) is 4.57 Å². The summed E-state index contributed by atoms with van der Waals surface area (Å²) in [6.07, 6.45) is 4.45. The predicted octanol–water partition coefficient (Wildman–Crippen LogP) is 16.2. The highest BCUT2D eigenvalue weighted by atomic mass is 15.0. The molecule has 2 heterocycles. The third-order valence-corrected chi connectivity index (χ3v) is 14.6. The van der Waals surface area contributed by atoms with Crippen molar-refractivity contribution in [2.24, 2.45) is 0 Å². The second kappa shape index (κ2) is 15.4. The van der Waals surface area contributed by atoms with Crippen molar-refractivity contribution in [2.75, 3.05) is 0 Å². The molecule has 0 N–H and O–H groups in total. The van der Waals surface area contributed by atoms with Gasteiger partial charge in [0.1, 0.15) is 0 Å². The van der Waals surface area contributed by atoms with Gasteiger partial charge in [0.25, 0.3) is 0 Å². The molecule has 2 nitrogen and oxygen atoms in total. The van der Waals surface area contributed by atoms with Crippen LogP contribution in [0.4, 0.5) is 0 Å². The minimum Gasteiger partial charge on any atom is -0.309 e. The van der Waals surface area contributed by atoms with E-state index in [1.165, 1.54) is 117 Å². The molecule has 9 aromatic carbocycles. The van der Waals surface area contributed by atoms with Crippen molar-refractivity contribution in [3.8, 4) is 61.3 Å². The minimum absolute atomic E-state index is 0.0955. The number of hydrogen-bond donors (Lipinski definition) is 0. The van der Waals surface area contributed by atoms with Gasteiger partial charge < -0.3 is 4.57 Å². The summed E-state index contributed by atoms with van der Waals surface area (Å²) in [6.45, 7) is 4.89. The summed E-state index contributed by atoms with van der Waals surface area (Å²) in [6, 6.07) is 85.1. The smallest absolute Gasteiger partial charge is 0.210 e. The molecule has 13 rings (SSSR count). The average Bonchev–Trinajstić information content (AvgIpc) is 4.00. The molecule has 1 unspecified atom stereocenters. The Hall–Kier alpha value is -8.33. The fourth-order valence-corrected chi connectivity index (χ4v) is 11.8. The van der Waals surface area contributed by atoms with Crippen LogP contribution < -0.4 is 4.57 Å². The van der Waals surface area contributed by atoms with E-state index in [9.17, 15) is 0 Å². The van der Waals surface area contributed by atoms with E-state index in [4.69, 9.17) is 0 Å². The van der Waals surface area contributed by atoms with Crippen LogP contribution in [0.1, 0.15) is 42.1 Å². The van der Waals surface area contributed by atoms with Gasteiger partial charge in [-0.3, -0.25) is 0 Å². The fraction of sp³-hybridized carbons (Fsp3) is 0.0615. The number of hydrogen-bond acceptors (Lipinski definition) is 0. The highest BCUT2D eigenvalue weighted by Crippen LogP contribution is 2.61. The first kappa shape index (κ1) is 39.1. The van der Waals surface area contributed by atoms with Gasteiger partial charge in [-0.1, -0.05) is 202 Å². The van der Waals surface area contributed by atoms with Crippen LogP contribution >= 0.6 is 0 Å². The highest BCUT2D eigenvalue weighted by molar-refractivity contribution is 6.13. The van der Waals surface area contributed by atoms with Crippen molar-refractivity contribution in [2.45, 2.75) is 25.3 Å². The molecule has 0 aliphatic heterocycles. The number of benzene rings is 9. The first-order chi connectivity index (χ1) is 33.0. The lowest BCUT2D eigenvalue weighted by Crippen LogP contribution is -2.39. The van der Waals surface area contributed by atoms with Gasteiger partial charge in [-0.15, -0.1) is 0 Å². The van der Waals surface area contributed by atoms with Crippen LogP contribution in [-0.2, 0) is 5.41 Å². The highest BCUT2D eigenvalue weighted by Gasteiger charge is 2.50. The molecule has 11 aromatic rings. The minimum atomic E-state index is -0.252. The zero-order valence-electron chi connectivity index (χ0n) is 37.6. The third-order valence-electron chi connectivity index (χ3n) is 14.6. The lowest BCUT2D eigenvalue weighted by Gasteiger charge is -2.28. The van der Waals surface area contributed by atoms with Gasteiger partial charge in [-0.05, 0) is 103 Å². The molecule has 0 saturated heterocycles. The number of para-hydroxylation sites is 1. The van der Waals surface area contributed by atoms with Crippen molar-refractivity contribution in [3.63, 3.8) is 0 Å². The second-order valence-electron chi connectivity index (χ2n) is 18.6. The Bertz CT molecular complexity index is 3620. The number of pyridine rings is 1. The Labute approximate surface area is 392 Å². The molecule has 2 aliphatic rings. The van der Waals surface area contributed by atoms with E-state index in [-0.39, 0.29) is 11.5 Å². The van der Waals surface area contributed by atoms with E-state index in [0.29, 0.717) is 0 Å². The van der Waals surface area contributed by atoms with Gasteiger partial charge in [0.05, 0.1) is 16.7 Å². The van der Waals surface area contributed by atoms with E-state index in [0.717, 1.165) is 0 Å². The zero-order chi connectivity index (χ0) is 44.6. The summed E-state index contributed by atoms with van der Waals surface area (Å²) >= 11 is 0. The topological polar surface area (TPSA) is 8.81 Å². The summed E-state index contributed by atoms with van der Waals surface area (Å²) < 4.78 is 4.92. The van der Waals surface area contributed by atoms with E-state index in [1.807, 2.05) is 0 Å². The molecule has 2 heteroatoms. The van der Waals surface area contributed by atoms with E-state index < -0.39 is 0 Å². The molecule has 2 aliphatic carbocycles. The van der Waals surface area contributed by atoms with E-state index in [2.05, 4.69) is 266 Å². The van der Waals surface area contributed by atoms with Gasteiger partial charge in [0.2, 0.25) is 6.04 Å². The van der Waals surface area contributed by atoms with Gasteiger partial charge in [-0.2, -0.15) is 4.57 Å². The van der Waals surface area contributed by atoms with Gasteiger partial charge >= 0.3 is 0 Å². The molecule has 67 heavy (non-hydrogen) atoms. The lowest BCUT2D eigenvalue weighted by atomic mass is 9.75. The molecular weight excluding hydrogens is 809 g/mol. The monoisotopic (exact) mass is 855 g/mol. The quantitative estimate of drug-likeness (QED) is 0.141. The van der Waals surface area contributed by atoms with E-state index >= 15 is 0 Å². The Morgan fingerprint density at radius 1 is 0.373 bits per heavy atom. The van der Waals surface area contributed by atoms with Gasteiger partial charge in [0, 0.05) is 45.0 Å². The number of rotatable bonds is 7. The maximum absolute atomic E-state index is 2.53. The number of fused-ring (bicyclic) bond motifs is 7. The van der Waals surface area contributed by atoms with Crippen LogP contribution in [0.25, 0.3) is 94.3 Å². The lowest BCUT2D eigenvalue weighted by molar-refractivity contribution is -0.700. The van der Waals surface area contributed by atoms with Crippen LogP contribution in [0.2, 0.25) is 0 Å². The van der Waals surface area contributed by atoms with Crippen molar-refractivity contribution in [1.82, 2.24) is 4.57 Å². The Morgan fingerprint density at radius 3 is 1.40 bits per heavy atom. The molecule has 0 radical (unpaired) electrons. The first-order valence-corrected chi connectivity index (χ1v) is 23.5. The number of aromatic nitrogens is 2. The molecule has 1 atom stereocenters. The maximum atomic E-state index is 2.53. The summed E-state index contributed by atoms with van der Waals surface area (Å²) in [5.41, 5.74) is 23.8. The first-order valence-electron chi connectivity index (χ1n) is 23.5. The summed E-state index contributed by atoms with van der Waals surface area (Å²) in [4.78, 5) is 0. The van der Waals surface area contributed by atoms with E-state index in [1.54, 1.807) is 0 Å². The van der Waals surface area contributed by atoms with Crippen molar-refractivity contribution in [3.05, 3.63) is 265 Å². The molecule has 316 valence electrons. The molecule has 0 amide bonds. The van der Waals surface area contributed by atoms with Crippen molar-refractivity contribution >= 4 is 33.0 Å². The normalized spacial score (nSPS) is 14.6. The summed E-state index contributed by atoms with van der Waals surface area (Å²) in [5.74, 6) is 0. The summed E-state index contributed by atoms with van der Waals surface area (Å²) in [7, 11) is 0. The largest absolute Gasteiger partial charge is 0.309 e. The molecule has 0 saturated carbocycles.